The van der Waals surface area contributed by atoms with Gasteiger partial charge in [-0.1, -0.05) is 49.7 Å². The van der Waals surface area contributed by atoms with Crippen LogP contribution in [0.2, 0.25) is 0 Å². The lowest BCUT2D eigenvalue weighted by atomic mass is 10.0. The van der Waals surface area contributed by atoms with E-state index in [1.165, 1.54) is 17.1 Å². The van der Waals surface area contributed by atoms with Crippen LogP contribution in [-0.2, 0) is 11.4 Å². The van der Waals surface area contributed by atoms with E-state index < -0.39 is 5.97 Å². The fraction of sp³-hybridized carbons (Fsp3) is 0.179. The van der Waals surface area contributed by atoms with Gasteiger partial charge in [-0.25, -0.2) is 4.79 Å². The van der Waals surface area contributed by atoms with Crippen molar-refractivity contribution in [1.82, 2.24) is 0 Å². The van der Waals surface area contributed by atoms with Gasteiger partial charge in [-0.3, -0.25) is 4.79 Å². The number of rotatable bonds is 9. The maximum absolute atomic E-state index is 13.3. The normalized spacial score (nSPS) is 14.2. The smallest absolute Gasteiger partial charge is 0.335 e. The van der Waals surface area contributed by atoms with Gasteiger partial charge < -0.3 is 14.6 Å². The Balaban J connectivity index is 1.58. The monoisotopic (exact) mass is 470 g/mol. The van der Waals surface area contributed by atoms with Crippen LogP contribution < -0.4 is 14.5 Å². The van der Waals surface area contributed by atoms with Gasteiger partial charge in [0.05, 0.1) is 29.6 Å². The van der Waals surface area contributed by atoms with Crippen molar-refractivity contribution in [2.75, 3.05) is 12.1 Å². The maximum Gasteiger partial charge on any atom is 0.335 e. The zero-order chi connectivity index (χ0) is 24.8. The molecule has 0 saturated heterocycles. The average Bonchev–Trinajstić information content (AvgIpc) is 3.18. The van der Waals surface area contributed by atoms with Crippen LogP contribution >= 0.6 is 0 Å². The van der Waals surface area contributed by atoms with E-state index in [0.717, 1.165) is 17.5 Å². The summed E-state index contributed by atoms with van der Waals surface area (Å²) < 4.78 is 11.5. The molecule has 35 heavy (non-hydrogen) atoms. The lowest BCUT2D eigenvalue weighted by molar-refractivity contribution is -0.114. The van der Waals surface area contributed by atoms with E-state index in [4.69, 9.17) is 14.6 Å². The summed E-state index contributed by atoms with van der Waals surface area (Å²) in [6, 6.07) is 21.5. The molecule has 0 atom stereocenters. The van der Waals surface area contributed by atoms with Crippen LogP contribution in [0, 0.1) is 0 Å². The van der Waals surface area contributed by atoms with Crippen LogP contribution in [0.1, 0.15) is 41.3 Å². The average molecular weight is 471 g/mol. The van der Waals surface area contributed by atoms with Crippen molar-refractivity contribution >= 4 is 29.4 Å². The lowest BCUT2D eigenvalue weighted by Crippen LogP contribution is -2.21. The van der Waals surface area contributed by atoms with Gasteiger partial charge in [0.2, 0.25) is 0 Å². The van der Waals surface area contributed by atoms with Crippen molar-refractivity contribution in [2.45, 2.75) is 26.4 Å². The Morgan fingerprint density at radius 3 is 2.43 bits per heavy atom. The second-order valence-corrected chi connectivity index (χ2v) is 8.01. The van der Waals surface area contributed by atoms with E-state index in [2.05, 4.69) is 5.10 Å². The standard InChI is InChI=1S/C28H26N2O5/c1-3-7-24-23(27(31)30(29-24)22-13-11-21(12-14-22)28(32)33)16-20-10-15-25(26(17-20)34-2)35-18-19-8-5-4-6-9-19/h4-6,8-17H,3,7,18H2,1-2H3,(H,32,33)/b23-16+. The highest BCUT2D eigenvalue weighted by Gasteiger charge is 2.30. The van der Waals surface area contributed by atoms with E-state index in [9.17, 15) is 9.59 Å². The van der Waals surface area contributed by atoms with Crippen LogP contribution in [-0.4, -0.2) is 29.8 Å². The first-order valence-electron chi connectivity index (χ1n) is 11.3. The predicted molar refractivity (Wildman–Crippen MR) is 135 cm³/mol. The first kappa shape index (κ1) is 23.8. The number of benzene rings is 3. The fourth-order valence-electron chi connectivity index (χ4n) is 3.74. The van der Waals surface area contributed by atoms with Crippen LogP contribution in [0.15, 0.2) is 83.5 Å². The molecule has 1 N–H and O–H groups in total. The highest BCUT2D eigenvalue weighted by atomic mass is 16.5. The van der Waals surface area contributed by atoms with Gasteiger partial charge in [-0.2, -0.15) is 10.1 Å². The quantitative estimate of drug-likeness (QED) is 0.414. The van der Waals surface area contributed by atoms with E-state index in [1.807, 2.05) is 55.5 Å². The molecule has 0 saturated carbocycles. The number of methoxy groups -OCH3 is 1. The Bertz CT molecular complexity index is 1280. The van der Waals surface area contributed by atoms with Gasteiger partial charge in [0.1, 0.15) is 6.61 Å². The third kappa shape index (κ3) is 5.41. The van der Waals surface area contributed by atoms with Crippen molar-refractivity contribution in [3.8, 4) is 11.5 Å². The van der Waals surface area contributed by atoms with Gasteiger partial charge in [0.15, 0.2) is 11.5 Å². The number of carbonyl (C=O) groups excluding carboxylic acids is 1. The summed E-state index contributed by atoms with van der Waals surface area (Å²) in [6.45, 7) is 2.44. The Morgan fingerprint density at radius 1 is 1.03 bits per heavy atom. The molecule has 3 aromatic rings. The molecule has 1 aliphatic heterocycles. The summed E-state index contributed by atoms with van der Waals surface area (Å²) in [5, 5.41) is 15.0. The number of hydrogen-bond donors (Lipinski definition) is 1. The topological polar surface area (TPSA) is 88.4 Å². The third-order valence-corrected chi connectivity index (χ3v) is 5.54. The minimum Gasteiger partial charge on any atom is -0.493 e. The van der Waals surface area contributed by atoms with Crippen LogP contribution in [0.5, 0.6) is 11.5 Å². The van der Waals surface area contributed by atoms with Gasteiger partial charge in [-0.05, 0) is 60.0 Å². The third-order valence-electron chi connectivity index (χ3n) is 5.54. The molecule has 1 heterocycles. The molecule has 0 radical (unpaired) electrons. The van der Waals surface area contributed by atoms with Crippen molar-refractivity contribution < 1.29 is 24.2 Å². The minimum atomic E-state index is -1.02. The van der Waals surface area contributed by atoms with Gasteiger partial charge in [0, 0.05) is 0 Å². The van der Waals surface area contributed by atoms with E-state index in [-0.39, 0.29) is 11.5 Å². The Labute approximate surface area is 203 Å². The number of anilines is 1. The zero-order valence-corrected chi connectivity index (χ0v) is 19.6. The molecule has 7 nitrogen and oxygen atoms in total. The first-order valence-corrected chi connectivity index (χ1v) is 11.3. The largest absolute Gasteiger partial charge is 0.493 e. The Hall–Kier alpha value is -4.39. The second-order valence-electron chi connectivity index (χ2n) is 8.01. The second kappa shape index (κ2) is 10.7. The van der Waals surface area contributed by atoms with Crippen molar-refractivity contribution in [1.29, 1.82) is 0 Å². The summed E-state index contributed by atoms with van der Waals surface area (Å²) in [4.78, 5) is 24.4. The van der Waals surface area contributed by atoms with Crippen molar-refractivity contribution in [3.63, 3.8) is 0 Å². The molecule has 1 aliphatic rings. The van der Waals surface area contributed by atoms with Gasteiger partial charge in [0.25, 0.3) is 5.91 Å². The fourth-order valence-corrected chi connectivity index (χ4v) is 3.74. The SMILES string of the molecule is CCCC1=NN(c2ccc(C(=O)O)cc2)C(=O)/C1=C/c1ccc(OCc2ccccc2)c(OC)c1. The number of carboxylic acids is 1. The Morgan fingerprint density at radius 2 is 1.77 bits per heavy atom. The lowest BCUT2D eigenvalue weighted by Gasteiger charge is -2.12. The predicted octanol–water partition coefficient (Wildman–Crippen LogP) is 5.56. The molecule has 3 aromatic carbocycles. The van der Waals surface area contributed by atoms with Crippen LogP contribution in [0.3, 0.4) is 0 Å². The maximum atomic E-state index is 13.3. The molecule has 0 unspecified atom stereocenters. The number of carbonyl (C=O) groups is 2. The number of aromatic carboxylic acids is 1. The molecule has 1 amide bonds. The number of carboxylic acid groups (broad SMARTS) is 1. The highest BCUT2D eigenvalue weighted by Crippen LogP contribution is 2.32. The zero-order valence-electron chi connectivity index (χ0n) is 19.6. The summed E-state index contributed by atoms with van der Waals surface area (Å²) in [6.07, 6.45) is 3.26. The molecule has 4 rings (SSSR count). The molecular weight excluding hydrogens is 444 g/mol. The molecule has 0 fully saturated rings. The number of nitrogens with zero attached hydrogens (tertiary/aromatic N) is 2. The Kier molecular flexibility index (Phi) is 7.26. The molecule has 0 bridgehead atoms. The molecule has 7 heteroatoms. The molecule has 0 spiro atoms. The summed E-state index contributed by atoms with van der Waals surface area (Å²) >= 11 is 0. The molecule has 0 aromatic heterocycles. The number of ether oxygens (including phenoxy) is 2. The molecule has 178 valence electrons. The minimum absolute atomic E-state index is 0.149. The van der Waals surface area contributed by atoms with Gasteiger partial charge >= 0.3 is 5.97 Å². The molecular formula is C28H26N2O5. The number of hydrazone groups is 1. The van der Waals surface area contributed by atoms with E-state index in [1.54, 1.807) is 25.3 Å². The summed E-state index contributed by atoms with van der Waals surface area (Å²) in [7, 11) is 1.58. The van der Waals surface area contributed by atoms with Crippen LogP contribution in [0.25, 0.3) is 6.08 Å². The number of hydrogen-bond acceptors (Lipinski definition) is 5. The van der Waals surface area contributed by atoms with E-state index >= 15 is 0 Å². The highest BCUT2D eigenvalue weighted by molar-refractivity contribution is 6.32. The summed E-state index contributed by atoms with van der Waals surface area (Å²) in [5.74, 6) is -0.111. The van der Waals surface area contributed by atoms with Gasteiger partial charge in [-0.15, -0.1) is 0 Å². The van der Waals surface area contributed by atoms with Crippen molar-refractivity contribution in [2.24, 2.45) is 5.10 Å². The molecule has 0 aliphatic carbocycles. The summed E-state index contributed by atoms with van der Waals surface area (Å²) in [5.41, 5.74) is 3.67. The van der Waals surface area contributed by atoms with Crippen LogP contribution in [0.4, 0.5) is 5.69 Å². The first-order chi connectivity index (χ1) is 17.0. The number of amides is 1. The van der Waals surface area contributed by atoms with E-state index in [0.29, 0.717) is 41.5 Å². The van der Waals surface area contributed by atoms with Crippen molar-refractivity contribution in [3.05, 3.63) is 95.1 Å².